The van der Waals surface area contributed by atoms with Gasteiger partial charge in [0.25, 0.3) is 5.91 Å². The second-order valence-corrected chi connectivity index (χ2v) is 11.5. The molecule has 3 heterocycles. The van der Waals surface area contributed by atoms with Crippen LogP contribution in [0.2, 0.25) is 0 Å². The average molecular weight is 587 g/mol. The molecule has 43 heavy (non-hydrogen) atoms. The molecule has 0 saturated carbocycles. The minimum Gasteiger partial charge on any atom is -0.478 e. The van der Waals surface area contributed by atoms with Gasteiger partial charge in [0.15, 0.2) is 5.54 Å². The number of carbonyl (C=O) groups is 2. The van der Waals surface area contributed by atoms with Crippen molar-refractivity contribution in [1.29, 1.82) is 5.26 Å². The van der Waals surface area contributed by atoms with Gasteiger partial charge < -0.3 is 24.6 Å². The van der Waals surface area contributed by atoms with E-state index in [4.69, 9.17) is 9.47 Å². The SMILES string of the molecule is CCOc1ncccc1C1(NCc2ccc(N3CCN(C(=O)OC(C)(C)C)CC3)cc2)C(=O)Nc2cc(F)c(C#N)cc21. The summed E-state index contributed by atoms with van der Waals surface area (Å²) in [5, 5.41) is 15.7. The number of piperazine rings is 1. The molecular weight excluding hydrogens is 551 g/mol. The van der Waals surface area contributed by atoms with E-state index in [9.17, 15) is 19.2 Å². The lowest BCUT2D eigenvalue weighted by molar-refractivity contribution is -0.120. The second-order valence-electron chi connectivity index (χ2n) is 11.5. The van der Waals surface area contributed by atoms with Crippen molar-refractivity contribution in [3.8, 4) is 11.9 Å². The van der Waals surface area contributed by atoms with Crippen LogP contribution in [0.4, 0.5) is 20.6 Å². The summed E-state index contributed by atoms with van der Waals surface area (Å²) in [7, 11) is 0. The molecule has 0 spiro atoms. The molecule has 1 saturated heterocycles. The van der Waals surface area contributed by atoms with Gasteiger partial charge in [0.2, 0.25) is 5.88 Å². The third kappa shape index (κ3) is 5.96. The van der Waals surface area contributed by atoms with E-state index in [1.165, 1.54) is 12.1 Å². The minimum absolute atomic E-state index is 0.167. The zero-order valence-corrected chi connectivity index (χ0v) is 24.7. The molecule has 3 aromatic rings. The fourth-order valence-electron chi connectivity index (χ4n) is 5.41. The standard InChI is InChI=1S/C32H35FN6O4/c1-5-42-28-24(7-6-12-35-28)32(25-17-22(19-34)26(33)18-27(25)37-29(32)40)36-20-21-8-10-23(11-9-21)38-13-15-39(16-14-38)30(41)43-31(2,3)4/h6-12,17-18,36H,5,13-16,20H2,1-4H3,(H,37,40). The van der Waals surface area contributed by atoms with Crippen LogP contribution in [0.1, 0.15) is 49.9 Å². The minimum atomic E-state index is -1.48. The van der Waals surface area contributed by atoms with Crippen molar-refractivity contribution in [3.63, 3.8) is 0 Å². The molecule has 224 valence electrons. The molecule has 2 N–H and O–H groups in total. The summed E-state index contributed by atoms with van der Waals surface area (Å²) in [6.45, 7) is 10.5. The first-order valence-electron chi connectivity index (χ1n) is 14.3. The maximum atomic E-state index is 14.5. The topological polar surface area (TPSA) is 120 Å². The van der Waals surface area contributed by atoms with E-state index in [0.29, 0.717) is 43.9 Å². The Kier molecular flexibility index (Phi) is 8.24. The van der Waals surface area contributed by atoms with Crippen molar-refractivity contribution >= 4 is 23.4 Å². The maximum absolute atomic E-state index is 14.5. The first-order valence-corrected chi connectivity index (χ1v) is 14.3. The van der Waals surface area contributed by atoms with Crippen molar-refractivity contribution in [1.82, 2.24) is 15.2 Å². The van der Waals surface area contributed by atoms with Gasteiger partial charge in [-0.25, -0.2) is 14.2 Å². The molecule has 2 aromatic carbocycles. The highest BCUT2D eigenvalue weighted by Gasteiger charge is 2.50. The van der Waals surface area contributed by atoms with Crippen molar-refractivity contribution in [2.75, 3.05) is 43.0 Å². The molecule has 2 amide bonds. The van der Waals surface area contributed by atoms with E-state index in [2.05, 4.69) is 20.5 Å². The van der Waals surface area contributed by atoms with Crippen LogP contribution < -0.4 is 20.3 Å². The Morgan fingerprint density at radius 3 is 2.51 bits per heavy atom. The lowest BCUT2D eigenvalue weighted by atomic mass is 9.83. The molecule has 0 aliphatic carbocycles. The van der Waals surface area contributed by atoms with Crippen LogP contribution in [0, 0.1) is 17.1 Å². The third-order valence-corrected chi connectivity index (χ3v) is 7.47. The number of nitriles is 1. The Labute approximate surface area is 250 Å². The number of hydrogen-bond acceptors (Lipinski definition) is 8. The van der Waals surface area contributed by atoms with Crippen LogP contribution in [0.5, 0.6) is 5.88 Å². The molecule has 1 aromatic heterocycles. The van der Waals surface area contributed by atoms with Gasteiger partial charge in [-0.05, 0) is 69.7 Å². The van der Waals surface area contributed by atoms with Crippen LogP contribution in [0.25, 0.3) is 0 Å². The smallest absolute Gasteiger partial charge is 0.410 e. The number of ether oxygens (including phenoxy) is 2. The van der Waals surface area contributed by atoms with E-state index in [1.807, 2.05) is 58.0 Å². The number of rotatable bonds is 7. The summed E-state index contributed by atoms with van der Waals surface area (Å²) in [5.74, 6) is -0.870. The molecule has 0 radical (unpaired) electrons. The Hall–Kier alpha value is -4.69. The Balaban J connectivity index is 1.37. The molecule has 1 atom stereocenters. The quantitative estimate of drug-likeness (QED) is 0.414. The first-order chi connectivity index (χ1) is 20.6. The lowest BCUT2D eigenvalue weighted by Gasteiger charge is -2.36. The number of carbonyl (C=O) groups excluding carboxylic acids is 2. The summed E-state index contributed by atoms with van der Waals surface area (Å²) in [4.78, 5) is 34.5. The van der Waals surface area contributed by atoms with Crippen LogP contribution in [-0.2, 0) is 21.6 Å². The number of nitrogens with zero attached hydrogens (tertiary/aromatic N) is 4. The number of amides is 2. The molecule has 5 rings (SSSR count). The number of aromatic nitrogens is 1. The molecule has 1 fully saturated rings. The summed E-state index contributed by atoms with van der Waals surface area (Å²) >= 11 is 0. The van der Waals surface area contributed by atoms with E-state index in [0.717, 1.165) is 11.3 Å². The van der Waals surface area contributed by atoms with E-state index >= 15 is 0 Å². The average Bonchev–Trinajstić information content (AvgIpc) is 3.25. The van der Waals surface area contributed by atoms with Crippen LogP contribution in [-0.4, -0.2) is 60.3 Å². The van der Waals surface area contributed by atoms with Gasteiger partial charge in [-0.3, -0.25) is 10.1 Å². The number of benzene rings is 2. The maximum Gasteiger partial charge on any atom is 0.410 e. The molecule has 1 unspecified atom stereocenters. The number of hydrogen-bond donors (Lipinski definition) is 2. The normalized spacial score (nSPS) is 18.1. The number of pyridine rings is 1. The van der Waals surface area contributed by atoms with E-state index in [1.54, 1.807) is 23.2 Å². The second kappa shape index (κ2) is 11.9. The van der Waals surface area contributed by atoms with E-state index < -0.39 is 22.9 Å². The Morgan fingerprint density at radius 1 is 1.14 bits per heavy atom. The molecule has 10 nitrogen and oxygen atoms in total. The number of fused-ring (bicyclic) bond motifs is 1. The Morgan fingerprint density at radius 2 is 1.86 bits per heavy atom. The van der Waals surface area contributed by atoms with Crippen molar-refractivity contribution in [2.24, 2.45) is 0 Å². The van der Waals surface area contributed by atoms with Gasteiger partial charge in [0.05, 0.1) is 12.2 Å². The van der Waals surface area contributed by atoms with Gasteiger partial charge >= 0.3 is 6.09 Å². The summed E-state index contributed by atoms with van der Waals surface area (Å²) in [6.07, 6.45) is 1.28. The van der Waals surface area contributed by atoms with Gasteiger partial charge in [-0.15, -0.1) is 0 Å². The Bertz CT molecular complexity index is 1560. The van der Waals surface area contributed by atoms with Gasteiger partial charge in [0.1, 0.15) is 17.5 Å². The van der Waals surface area contributed by atoms with Crippen molar-refractivity contribution in [2.45, 2.75) is 45.4 Å². The number of anilines is 2. The van der Waals surface area contributed by atoms with Crippen LogP contribution >= 0.6 is 0 Å². The lowest BCUT2D eigenvalue weighted by Crippen LogP contribution is -2.50. The highest BCUT2D eigenvalue weighted by molar-refractivity contribution is 6.08. The monoisotopic (exact) mass is 586 g/mol. The molecule has 0 bridgehead atoms. The van der Waals surface area contributed by atoms with Crippen LogP contribution in [0.3, 0.4) is 0 Å². The fraction of sp³-hybridized carbons (Fsp3) is 0.375. The third-order valence-electron chi connectivity index (χ3n) is 7.47. The zero-order chi connectivity index (χ0) is 30.8. The van der Waals surface area contributed by atoms with Gasteiger partial charge in [-0.1, -0.05) is 12.1 Å². The van der Waals surface area contributed by atoms with Crippen LogP contribution in [0.15, 0.2) is 54.7 Å². The molecule has 2 aliphatic heterocycles. The molecule has 2 aliphatic rings. The predicted molar refractivity (Wildman–Crippen MR) is 159 cm³/mol. The summed E-state index contributed by atoms with van der Waals surface area (Å²) < 4.78 is 25.8. The molecular formula is C32H35FN6O4. The largest absolute Gasteiger partial charge is 0.478 e. The van der Waals surface area contributed by atoms with Crippen molar-refractivity contribution in [3.05, 3.63) is 82.8 Å². The van der Waals surface area contributed by atoms with Gasteiger partial charge in [0, 0.05) is 61.4 Å². The fourth-order valence-corrected chi connectivity index (χ4v) is 5.41. The number of halogens is 1. The predicted octanol–water partition coefficient (Wildman–Crippen LogP) is 4.53. The summed E-state index contributed by atoms with van der Waals surface area (Å²) in [6, 6.07) is 15.9. The van der Waals surface area contributed by atoms with Gasteiger partial charge in [-0.2, -0.15) is 5.26 Å². The summed E-state index contributed by atoms with van der Waals surface area (Å²) in [5.41, 5.74) is 0.901. The zero-order valence-electron chi connectivity index (χ0n) is 24.7. The van der Waals surface area contributed by atoms with Crippen molar-refractivity contribution < 1.29 is 23.5 Å². The van der Waals surface area contributed by atoms with E-state index in [-0.39, 0.29) is 29.8 Å². The number of nitrogens with one attached hydrogen (secondary N) is 2. The highest BCUT2D eigenvalue weighted by Crippen LogP contribution is 2.44. The highest BCUT2D eigenvalue weighted by atomic mass is 19.1. The molecule has 11 heteroatoms. The first kappa shape index (κ1) is 29.8.